The first-order chi connectivity index (χ1) is 20.6. The molecule has 0 spiro atoms. The highest BCUT2D eigenvalue weighted by Gasteiger charge is 2.80. The molecule has 5 amide bonds. The lowest BCUT2D eigenvalue weighted by atomic mass is 9.41. The Balaban J connectivity index is 1.49. The number of anilines is 2. The van der Waals surface area contributed by atoms with Gasteiger partial charge in [0.2, 0.25) is 23.6 Å². The average molecular weight is 574 g/mol. The summed E-state index contributed by atoms with van der Waals surface area (Å²) in [6, 6.07) is 25.1. The molecular weight excluding hydrogens is 546 g/mol. The van der Waals surface area contributed by atoms with E-state index in [4.69, 9.17) is 0 Å². The van der Waals surface area contributed by atoms with Gasteiger partial charge >= 0.3 is 0 Å². The number of hydrogen-bond acceptors (Lipinski definition) is 6. The average Bonchev–Trinajstić information content (AvgIpc) is 3.46. The van der Waals surface area contributed by atoms with Crippen LogP contribution in [0.25, 0.3) is 0 Å². The highest BCUT2D eigenvalue weighted by Crippen LogP contribution is 2.68. The lowest BCUT2D eigenvalue weighted by molar-refractivity contribution is -0.152. The van der Waals surface area contributed by atoms with E-state index >= 15 is 0 Å². The van der Waals surface area contributed by atoms with Crippen LogP contribution >= 0.6 is 0 Å². The minimum atomic E-state index is -1.84. The summed E-state index contributed by atoms with van der Waals surface area (Å²) >= 11 is 0. The number of imide groups is 2. The summed E-state index contributed by atoms with van der Waals surface area (Å²) in [6.07, 6.45) is 1.50. The van der Waals surface area contributed by atoms with E-state index in [1.165, 1.54) is 13.0 Å². The maximum absolute atomic E-state index is 14.4. The van der Waals surface area contributed by atoms with Crippen molar-refractivity contribution in [1.82, 2.24) is 5.32 Å². The number of allylic oxidation sites excluding steroid dienone is 1. The third kappa shape index (κ3) is 3.39. The number of Topliss-reactive ketones (excluding diaryl/α,β-unsaturated/α-hetero) is 1. The second-order valence-corrected chi connectivity index (χ2v) is 11.8. The Labute approximate surface area is 247 Å². The molecule has 2 bridgehead atoms. The molecule has 43 heavy (non-hydrogen) atoms. The molecule has 6 atom stereocenters. The summed E-state index contributed by atoms with van der Waals surface area (Å²) in [7, 11) is 0. The van der Waals surface area contributed by atoms with Crippen LogP contribution in [0.4, 0.5) is 11.4 Å². The number of hydrogen-bond donors (Lipinski definition) is 1. The molecule has 1 N–H and O–H groups in total. The summed E-state index contributed by atoms with van der Waals surface area (Å²) in [5.74, 6) is -8.22. The second-order valence-electron chi connectivity index (χ2n) is 11.8. The van der Waals surface area contributed by atoms with Gasteiger partial charge in [-0.1, -0.05) is 67.6 Å². The lowest BCUT2D eigenvalue weighted by Gasteiger charge is -2.59. The Morgan fingerprint density at radius 2 is 1.02 bits per heavy atom. The van der Waals surface area contributed by atoms with Crippen molar-refractivity contribution in [2.45, 2.75) is 19.4 Å². The number of para-hydroxylation sites is 2. The molecule has 5 aliphatic rings. The van der Waals surface area contributed by atoms with Gasteiger partial charge in [0.25, 0.3) is 5.91 Å². The first-order valence-electron chi connectivity index (χ1n) is 14.1. The van der Waals surface area contributed by atoms with Gasteiger partial charge in [0.05, 0.1) is 40.6 Å². The molecule has 0 radical (unpaired) electrons. The topological polar surface area (TPSA) is 121 Å². The van der Waals surface area contributed by atoms with Gasteiger partial charge in [-0.15, -0.1) is 0 Å². The van der Waals surface area contributed by atoms with E-state index in [-0.39, 0.29) is 11.1 Å². The lowest BCUT2D eigenvalue weighted by Crippen LogP contribution is -2.73. The van der Waals surface area contributed by atoms with Crippen LogP contribution < -0.4 is 15.1 Å². The molecule has 9 heteroatoms. The molecule has 9 nitrogen and oxygen atoms in total. The predicted octanol–water partition coefficient (Wildman–Crippen LogP) is 3.32. The molecule has 3 aliphatic carbocycles. The summed E-state index contributed by atoms with van der Waals surface area (Å²) < 4.78 is 0. The fourth-order valence-electron chi connectivity index (χ4n) is 8.00. The molecular formula is C34H27N3O6. The third-order valence-electron chi connectivity index (χ3n) is 9.67. The van der Waals surface area contributed by atoms with Crippen molar-refractivity contribution in [2.24, 2.45) is 29.1 Å². The van der Waals surface area contributed by atoms with Crippen LogP contribution in [0, 0.1) is 29.1 Å². The zero-order chi connectivity index (χ0) is 30.3. The van der Waals surface area contributed by atoms with Crippen LogP contribution in [0.15, 0.2) is 103 Å². The number of ketones is 1. The molecule has 3 aromatic rings. The Morgan fingerprint density at radius 1 is 0.628 bits per heavy atom. The van der Waals surface area contributed by atoms with Crippen molar-refractivity contribution in [3.05, 3.63) is 108 Å². The van der Waals surface area contributed by atoms with Crippen molar-refractivity contribution in [3.8, 4) is 0 Å². The standard InChI is InChI=1S/C34H27N3O6/c1-19(38)23-18-34(35-28(39)20-12-6-3-7-13-20)26-24(29(40)36(31(26)42)21-14-8-4-9-15-21)33(23,2)25-27(34)32(43)37(30(25)41)22-16-10-5-11-17-22/h3-18,24-27H,1-2H3,(H,35,39)/t24-,25+,26+,27-,33?,34?. The van der Waals surface area contributed by atoms with E-state index < -0.39 is 69.9 Å². The van der Waals surface area contributed by atoms with Crippen molar-refractivity contribution in [2.75, 3.05) is 9.80 Å². The normalized spacial score (nSPS) is 30.7. The Hall–Kier alpha value is -5.18. The van der Waals surface area contributed by atoms with E-state index in [9.17, 15) is 28.8 Å². The van der Waals surface area contributed by atoms with E-state index in [2.05, 4.69) is 5.32 Å². The quantitative estimate of drug-likeness (QED) is 0.468. The molecule has 1 saturated carbocycles. The summed E-state index contributed by atoms with van der Waals surface area (Å²) in [5.41, 5.74) is -2.26. The number of carbonyl (C=O) groups excluding carboxylic acids is 6. The van der Waals surface area contributed by atoms with Gasteiger partial charge in [-0.2, -0.15) is 0 Å². The number of benzene rings is 3. The number of nitrogens with zero attached hydrogens (tertiary/aromatic N) is 2. The molecule has 2 saturated heterocycles. The van der Waals surface area contributed by atoms with E-state index in [1.807, 2.05) is 0 Å². The smallest absolute Gasteiger partial charge is 0.252 e. The minimum absolute atomic E-state index is 0.149. The van der Waals surface area contributed by atoms with Crippen LogP contribution in [-0.2, 0) is 24.0 Å². The molecule has 3 fully saturated rings. The third-order valence-corrected chi connectivity index (χ3v) is 9.67. The number of rotatable bonds is 5. The first kappa shape index (κ1) is 26.7. The van der Waals surface area contributed by atoms with Crippen LogP contribution in [0.1, 0.15) is 24.2 Å². The fraction of sp³-hybridized carbons (Fsp3) is 0.235. The van der Waals surface area contributed by atoms with E-state index in [0.29, 0.717) is 11.4 Å². The molecule has 8 rings (SSSR count). The van der Waals surface area contributed by atoms with E-state index in [1.54, 1.807) is 97.9 Å². The number of carbonyl (C=O) groups is 6. The van der Waals surface area contributed by atoms with Crippen LogP contribution in [0.5, 0.6) is 0 Å². The van der Waals surface area contributed by atoms with Crippen LogP contribution in [-0.4, -0.2) is 40.9 Å². The Morgan fingerprint density at radius 3 is 1.44 bits per heavy atom. The van der Waals surface area contributed by atoms with Gasteiger partial charge in [-0.3, -0.25) is 28.8 Å². The number of nitrogens with one attached hydrogen (secondary N) is 1. The van der Waals surface area contributed by atoms with Gasteiger partial charge in [0.15, 0.2) is 5.78 Å². The summed E-state index contributed by atoms with van der Waals surface area (Å²) in [4.78, 5) is 87.0. The van der Waals surface area contributed by atoms with Gasteiger partial charge < -0.3 is 5.32 Å². The minimum Gasteiger partial charge on any atom is -0.341 e. The van der Waals surface area contributed by atoms with Crippen molar-refractivity contribution >= 4 is 46.7 Å². The van der Waals surface area contributed by atoms with Crippen molar-refractivity contribution in [3.63, 3.8) is 0 Å². The highest BCUT2D eigenvalue weighted by atomic mass is 16.2. The maximum Gasteiger partial charge on any atom is 0.252 e. The van der Waals surface area contributed by atoms with Crippen LogP contribution in [0.3, 0.4) is 0 Å². The zero-order valence-corrected chi connectivity index (χ0v) is 23.4. The summed E-state index contributed by atoms with van der Waals surface area (Å²) in [6.45, 7) is 2.97. The van der Waals surface area contributed by atoms with Gasteiger partial charge in [0, 0.05) is 16.6 Å². The SMILES string of the molecule is CC(=O)C1=CC2(NC(=O)c3ccccc3)[C@@H]3C(=O)N(c4ccccc4)C(=O)[C@@H]3C1(C)[C@@H]1C(=O)N(c3ccccc3)C(=O)[C@@H]12. The van der Waals surface area contributed by atoms with Gasteiger partial charge in [-0.25, -0.2) is 9.80 Å². The van der Waals surface area contributed by atoms with Crippen molar-refractivity contribution < 1.29 is 28.8 Å². The van der Waals surface area contributed by atoms with Gasteiger partial charge in [0.1, 0.15) is 0 Å². The van der Waals surface area contributed by atoms with Crippen LogP contribution in [0.2, 0.25) is 0 Å². The monoisotopic (exact) mass is 573 g/mol. The fourth-order valence-corrected chi connectivity index (χ4v) is 8.00. The second kappa shape index (κ2) is 9.16. The van der Waals surface area contributed by atoms with Crippen molar-refractivity contribution in [1.29, 1.82) is 0 Å². The first-order valence-corrected chi connectivity index (χ1v) is 14.1. The largest absolute Gasteiger partial charge is 0.341 e. The molecule has 2 heterocycles. The molecule has 0 aromatic heterocycles. The Bertz CT molecular complexity index is 1680. The molecule has 214 valence electrons. The number of amides is 5. The maximum atomic E-state index is 14.4. The zero-order valence-electron chi connectivity index (χ0n) is 23.4. The highest BCUT2D eigenvalue weighted by molar-refractivity contribution is 6.28. The van der Waals surface area contributed by atoms with E-state index in [0.717, 1.165) is 9.80 Å². The van der Waals surface area contributed by atoms with Gasteiger partial charge in [-0.05, 0) is 43.3 Å². The molecule has 2 aliphatic heterocycles. The molecule has 2 unspecified atom stereocenters. The predicted molar refractivity (Wildman–Crippen MR) is 155 cm³/mol. The summed E-state index contributed by atoms with van der Waals surface area (Å²) in [5, 5.41) is 2.96. The molecule has 3 aromatic carbocycles. The Kier molecular flexibility index (Phi) is 5.69.